The summed E-state index contributed by atoms with van der Waals surface area (Å²) in [7, 11) is 0. The van der Waals surface area contributed by atoms with Crippen molar-refractivity contribution in [2.75, 3.05) is 6.61 Å². The van der Waals surface area contributed by atoms with Gasteiger partial charge in [0.2, 0.25) is 0 Å². The molecule has 5 nitrogen and oxygen atoms in total. The Labute approximate surface area is 213 Å². The summed E-state index contributed by atoms with van der Waals surface area (Å²) in [5.41, 5.74) is 0.511. The lowest BCUT2D eigenvalue weighted by molar-refractivity contribution is -0.255. The molecule has 3 rings (SSSR count). The average molecular weight is 488 g/mol. The van der Waals surface area contributed by atoms with Gasteiger partial charge >= 0.3 is 6.09 Å². The first-order valence-electron chi connectivity index (χ1n) is 14.2. The van der Waals surface area contributed by atoms with E-state index in [1.54, 1.807) is 0 Å². The van der Waals surface area contributed by atoms with E-state index in [-0.39, 0.29) is 30.6 Å². The minimum atomic E-state index is -0.519. The van der Waals surface area contributed by atoms with E-state index in [0.29, 0.717) is 6.61 Å². The summed E-state index contributed by atoms with van der Waals surface area (Å²) in [6.45, 7) is 8.55. The van der Waals surface area contributed by atoms with Gasteiger partial charge in [-0.25, -0.2) is 4.79 Å². The molecule has 1 aromatic rings. The van der Waals surface area contributed by atoms with Crippen LogP contribution in [-0.4, -0.2) is 41.4 Å². The molecule has 0 aliphatic carbocycles. The zero-order valence-electron chi connectivity index (χ0n) is 22.7. The lowest BCUT2D eigenvalue weighted by Crippen LogP contribution is -2.61. The number of piperidine rings is 1. The minimum absolute atomic E-state index is 0.0227. The Morgan fingerprint density at radius 2 is 1.57 bits per heavy atom. The van der Waals surface area contributed by atoms with E-state index >= 15 is 0 Å². The van der Waals surface area contributed by atoms with Crippen LogP contribution in [-0.2, 0) is 14.2 Å². The topological polar surface area (TPSA) is 48.0 Å². The van der Waals surface area contributed by atoms with Gasteiger partial charge in [-0.3, -0.25) is 4.90 Å². The molecule has 0 radical (unpaired) electrons. The van der Waals surface area contributed by atoms with Gasteiger partial charge in [0.15, 0.2) is 6.29 Å². The smallest absolute Gasteiger partial charge is 0.410 e. The Hall–Kier alpha value is -1.59. The van der Waals surface area contributed by atoms with Gasteiger partial charge in [0, 0.05) is 11.6 Å². The molecule has 1 amide bonds. The Kier molecular flexibility index (Phi) is 11.4. The molecular formula is C30H49NO4. The van der Waals surface area contributed by atoms with Crippen LogP contribution in [0.3, 0.4) is 0 Å². The summed E-state index contributed by atoms with van der Waals surface area (Å²) in [5, 5.41) is 0. The average Bonchev–Trinajstić information content (AvgIpc) is 2.84. The molecule has 2 heterocycles. The van der Waals surface area contributed by atoms with Crippen molar-refractivity contribution in [3.63, 3.8) is 0 Å². The van der Waals surface area contributed by atoms with E-state index in [1.165, 1.54) is 57.8 Å². The molecule has 198 valence electrons. The Bertz CT molecular complexity index is 732. The van der Waals surface area contributed by atoms with Crippen molar-refractivity contribution in [2.45, 2.75) is 141 Å². The first kappa shape index (κ1) is 28.0. The molecule has 2 fully saturated rings. The predicted octanol–water partition coefficient (Wildman–Crippen LogP) is 8.18. The molecule has 2 saturated heterocycles. The van der Waals surface area contributed by atoms with Crippen molar-refractivity contribution in [3.8, 4) is 0 Å². The van der Waals surface area contributed by atoms with Gasteiger partial charge < -0.3 is 14.2 Å². The molecule has 0 saturated carbocycles. The van der Waals surface area contributed by atoms with Gasteiger partial charge in [0.05, 0.1) is 18.8 Å². The summed E-state index contributed by atoms with van der Waals surface area (Å²) in [4.78, 5) is 15.3. The number of amides is 1. The van der Waals surface area contributed by atoms with E-state index in [4.69, 9.17) is 14.2 Å². The van der Waals surface area contributed by atoms with Crippen LogP contribution < -0.4 is 0 Å². The van der Waals surface area contributed by atoms with E-state index in [0.717, 1.165) is 31.2 Å². The maximum absolute atomic E-state index is 13.3. The summed E-state index contributed by atoms with van der Waals surface area (Å²) < 4.78 is 18.3. The molecule has 0 aromatic heterocycles. The highest BCUT2D eigenvalue weighted by atomic mass is 16.7. The number of carbonyl (C=O) groups is 1. The van der Waals surface area contributed by atoms with Gasteiger partial charge in [0.1, 0.15) is 5.60 Å². The van der Waals surface area contributed by atoms with Crippen LogP contribution in [0.1, 0.15) is 123 Å². The third kappa shape index (κ3) is 9.09. The predicted molar refractivity (Wildman–Crippen MR) is 141 cm³/mol. The van der Waals surface area contributed by atoms with Crippen LogP contribution in [0, 0.1) is 0 Å². The van der Waals surface area contributed by atoms with Crippen LogP contribution >= 0.6 is 0 Å². The number of carbonyl (C=O) groups excluding carboxylic acids is 1. The molecule has 4 atom stereocenters. The van der Waals surface area contributed by atoms with Gasteiger partial charge in [-0.05, 0) is 40.0 Å². The summed E-state index contributed by atoms with van der Waals surface area (Å²) in [6.07, 6.45) is 15.6. The van der Waals surface area contributed by atoms with Crippen LogP contribution in [0.4, 0.5) is 4.79 Å². The summed E-state index contributed by atoms with van der Waals surface area (Å²) >= 11 is 0. The number of nitrogens with zero attached hydrogens (tertiary/aromatic N) is 1. The fraction of sp³-hybridized carbons (Fsp3) is 0.767. The number of rotatable bonds is 12. The number of likely N-dealkylation sites (tertiary alicyclic amines) is 1. The molecular weight excluding hydrogens is 438 g/mol. The van der Waals surface area contributed by atoms with E-state index in [1.807, 2.05) is 56.0 Å². The number of hydrogen-bond acceptors (Lipinski definition) is 4. The second kappa shape index (κ2) is 14.2. The van der Waals surface area contributed by atoms with Crippen molar-refractivity contribution >= 4 is 6.09 Å². The van der Waals surface area contributed by atoms with Gasteiger partial charge in [-0.1, -0.05) is 101 Å². The monoisotopic (exact) mass is 487 g/mol. The van der Waals surface area contributed by atoms with Crippen molar-refractivity contribution in [3.05, 3.63) is 35.9 Å². The maximum Gasteiger partial charge on any atom is 0.410 e. The molecule has 35 heavy (non-hydrogen) atoms. The summed E-state index contributed by atoms with van der Waals surface area (Å²) in [6, 6.07) is 10.2. The Balaban J connectivity index is 1.50. The second-order valence-electron chi connectivity index (χ2n) is 11.4. The fourth-order valence-electron chi connectivity index (χ4n) is 5.40. The highest BCUT2D eigenvalue weighted by Gasteiger charge is 2.45. The lowest BCUT2D eigenvalue weighted by atomic mass is 9.89. The number of fused-ring (bicyclic) bond motifs is 1. The van der Waals surface area contributed by atoms with Crippen molar-refractivity contribution in [1.82, 2.24) is 4.90 Å². The largest absolute Gasteiger partial charge is 0.444 e. The van der Waals surface area contributed by atoms with Gasteiger partial charge in [-0.2, -0.15) is 0 Å². The van der Waals surface area contributed by atoms with Gasteiger partial charge in [-0.15, -0.1) is 0 Å². The quantitative estimate of drug-likeness (QED) is 0.279. The standard InChI is InChI=1S/C30H49NO4/c1-5-6-7-8-9-10-11-12-13-17-20-25-21-22-27-26(31(25)29(32)35-30(2,3)4)23-33-28(34-27)24-18-15-14-16-19-24/h14-16,18-19,25-28H,5-13,17,20-23H2,1-4H3/t25-,26+,27-,28+/m1/s1. The number of ether oxygens (including phenoxy) is 3. The fourth-order valence-corrected chi connectivity index (χ4v) is 5.40. The minimum Gasteiger partial charge on any atom is -0.444 e. The van der Waals surface area contributed by atoms with Gasteiger partial charge in [0.25, 0.3) is 0 Å². The Morgan fingerprint density at radius 3 is 2.20 bits per heavy atom. The first-order valence-corrected chi connectivity index (χ1v) is 14.2. The van der Waals surface area contributed by atoms with Crippen molar-refractivity contribution in [1.29, 1.82) is 0 Å². The lowest BCUT2D eigenvalue weighted by Gasteiger charge is -2.49. The van der Waals surface area contributed by atoms with E-state index < -0.39 is 5.60 Å². The highest BCUT2D eigenvalue weighted by Crippen LogP contribution is 2.37. The van der Waals surface area contributed by atoms with Crippen LogP contribution in [0.25, 0.3) is 0 Å². The molecule has 0 spiro atoms. The van der Waals surface area contributed by atoms with E-state index in [2.05, 4.69) is 6.92 Å². The van der Waals surface area contributed by atoms with Crippen molar-refractivity contribution < 1.29 is 19.0 Å². The SMILES string of the molecule is CCCCCCCCCCCC[C@@H]1CC[C@H]2O[C@@H](c3ccccc3)OC[C@@H]2N1C(=O)OC(C)(C)C. The summed E-state index contributed by atoms with van der Waals surface area (Å²) in [5.74, 6) is 0. The second-order valence-corrected chi connectivity index (χ2v) is 11.4. The zero-order chi connectivity index (χ0) is 25.1. The third-order valence-electron chi connectivity index (χ3n) is 7.25. The normalized spacial score (nSPS) is 24.7. The first-order chi connectivity index (χ1) is 16.9. The van der Waals surface area contributed by atoms with Crippen LogP contribution in [0.5, 0.6) is 0 Å². The van der Waals surface area contributed by atoms with Crippen LogP contribution in [0.2, 0.25) is 0 Å². The number of unbranched alkanes of at least 4 members (excludes halogenated alkanes) is 9. The zero-order valence-corrected chi connectivity index (χ0v) is 22.7. The van der Waals surface area contributed by atoms with Crippen LogP contribution in [0.15, 0.2) is 30.3 Å². The molecule has 0 bridgehead atoms. The molecule has 5 heteroatoms. The number of benzene rings is 1. The third-order valence-corrected chi connectivity index (χ3v) is 7.25. The number of hydrogen-bond donors (Lipinski definition) is 0. The molecule has 0 unspecified atom stereocenters. The molecule has 1 aromatic carbocycles. The highest BCUT2D eigenvalue weighted by molar-refractivity contribution is 5.69. The molecule has 0 N–H and O–H groups in total. The molecule has 2 aliphatic rings. The van der Waals surface area contributed by atoms with E-state index in [9.17, 15) is 4.79 Å². The van der Waals surface area contributed by atoms with Crippen molar-refractivity contribution in [2.24, 2.45) is 0 Å². The Morgan fingerprint density at radius 1 is 0.943 bits per heavy atom. The molecule has 2 aliphatic heterocycles. The maximum atomic E-state index is 13.3.